The largest absolute Gasteiger partial charge is 0.522 e. The first-order valence-electron chi connectivity index (χ1n) is 12.9. The maximum absolute atomic E-state index is 10.7. The number of alkyl halides is 3. The molecule has 0 saturated carbocycles. The molecule has 0 fully saturated rings. The van der Waals surface area contributed by atoms with Gasteiger partial charge in [-0.2, -0.15) is 21.6 Å². The topological polar surface area (TPSA) is 54.4 Å². The molecule has 0 atom stereocenters. The van der Waals surface area contributed by atoms with Crippen molar-refractivity contribution in [2.75, 3.05) is 0 Å². The van der Waals surface area contributed by atoms with Crippen molar-refractivity contribution in [2.24, 2.45) is 11.3 Å². The number of rotatable bonds is 18. The van der Waals surface area contributed by atoms with Crippen molar-refractivity contribution in [3.63, 3.8) is 0 Å². The Morgan fingerprint density at radius 2 is 0.969 bits per heavy atom. The molecule has 0 heterocycles. The van der Waals surface area contributed by atoms with Crippen LogP contribution >= 0.6 is 0 Å². The third-order valence-corrected chi connectivity index (χ3v) is 6.80. The van der Waals surface area contributed by atoms with Gasteiger partial charge in [-0.25, -0.2) is 0 Å². The molecule has 0 aliphatic carbocycles. The van der Waals surface area contributed by atoms with Crippen LogP contribution in [-0.2, 0) is 10.1 Å². The number of halogens is 3. The molecule has 0 radical (unpaired) electrons. The summed E-state index contributed by atoms with van der Waals surface area (Å²) < 4.78 is 57.5. The van der Waals surface area contributed by atoms with Gasteiger partial charge in [0.1, 0.15) is 0 Å². The molecule has 0 amide bonds. The predicted molar refractivity (Wildman–Crippen MR) is 130 cm³/mol. The fourth-order valence-corrected chi connectivity index (χ4v) is 4.17. The van der Waals surface area contributed by atoms with E-state index in [1.165, 1.54) is 109 Å². The van der Waals surface area contributed by atoms with Gasteiger partial charge in [-0.05, 0) is 37.0 Å². The normalized spacial score (nSPS) is 12.7. The molecular formula is C25H51F3O3S. The monoisotopic (exact) mass is 488 g/mol. The summed E-state index contributed by atoms with van der Waals surface area (Å²) in [4.78, 5) is 0. The zero-order chi connectivity index (χ0) is 25.1. The van der Waals surface area contributed by atoms with Crippen LogP contribution in [0.25, 0.3) is 0 Å². The van der Waals surface area contributed by atoms with E-state index in [2.05, 4.69) is 34.6 Å². The van der Waals surface area contributed by atoms with Gasteiger partial charge in [-0.1, -0.05) is 118 Å². The van der Waals surface area contributed by atoms with Crippen molar-refractivity contribution in [1.82, 2.24) is 0 Å². The first kappa shape index (κ1) is 33.9. The van der Waals surface area contributed by atoms with Crippen LogP contribution in [0.3, 0.4) is 0 Å². The predicted octanol–water partition coefficient (Wildman–Crippen LogP) is 9.71. The van der Waals surface area contributed by atoms with Gasteiger partial charge in [0.15, 0.2) is 0 Å². The molecule has 32 heavy (non-hydrogen) atoms. The van der Waals surface area contributed by atoms with Crippen LogP contribution in [0, 0.1) is 11.3 Å². The van der Waals surface area contributed by atoms with Crippen molar-refractivity contribution < 1.29 is 26.1 Å². The standard InChI is InChI=1S/C24H50.CHF3O3S/c1-6-9-19-24(20-10-7-2,21-11-8-3)22-17-15-13-12-14-16-18-23(4)5;2-1(3,4)8(5,6)7/h23H,6-22H2,1-5H3;(H,5,6,7). The second-order valence-electron chi connectivity index (χ2n) is 9.79. The first-order valence-corrected chi connectivity index (χ1v) is 14.3. The average Bonchev–Trinajstić information content (AvgIpc) is 2.69. The lowest BCUT2D eigenvalue weighted by Gasteiger charge is -2.35. The molecule has 0 aromatic rings. The number of unbranched alkanes of at least 4 members (excludes halogenated alkanes) is 8. The van der Waals surface area contributed by atoms with E-state index in [1.54, 1.807) is 0 Å². The van der Waals surface area contributed by atoms with Gasteiger partial charge in [0.25, 0.3) is 0 Å². The van der Waals surface area contributed by atoms with Crippen LogP contribution in [-0.4, -0.2) is 18.5 Å². The van der Waals surface area contributed by atoms with Crippen molar-refractivity contribution in [3.8, 4) is 0 Å². The van der Waals surface area contributed by atoms with E-state index >= 15 is 0 Å². The summed E-state index contributed by atoms with van der Waals surface area (Å²) in [5, 5.41) is 0. The molecule has 0 spiro atoms. The highest BCUT2D eigenvalue weighted by Crippen LogP contribution is 2.41. The first-order chi connectivity index (χ1) is 14.8. The highest BCUT2D eigenvalue weighted by Gasteiger charge is 2.44. The molecule has 0 aromatic heterocycles. The molecule has 0 aromatic carbocycles. The van der Waals surface area contributed by atoms with Crippen LogP contribution in [0.4, 0.5) is 13.2 Å². The second kappa shape index (κ2) is 19.1. The summed E-state index contributed by atoms with van der Waals surface area (Å²) in [5.41, 5.74) is -4.84. The van der Waals surface area contributed by atoms with Gasteiger partial charge in [0.2, 0.25) is 0 Å². The Hall–Kier alpha value is -0.300. The summed E-state index contributed by atoms with van der Waals surface area (Å²) in [6, 6.07) is 0. The van der Waals surface area contributed by atoms with Crippen molar-refractivity contribution >= 4 is 10.1 Å². The smallest absolute Gasteiger partial charge is 0.279 e. The zero-order valence-electron chi connectivity index (χ0n) is 21.4. The molecule has 0 aliphatic heterocycles. The molecule has 0 saturated heterocycles. The highest BCUT2D eigenvalue weighted by atomic mass is 32.2. The van der Waals surface area contributed by atoms with Gasteiger partial charge in [0.05, 0.1) is 0 Å². The molecule has 3 nitrogen and oxygen atoms in total. The molecule has 7 heteroatoms. The zero-order valence-corrected chi connectivity index (χ0v) is 22.2. The third kappa shape index (κ3) is 19.2. The maximum Gasteiger partial charge on any atom is 0.522 e. The van der Waals surface area contributed by atoms with E-state index in [0.717, 1.165) is 5.92 Å². The lowest BCUT2D eigenvalue weighted by molar-refractivity contribution is -0.0510. The van der Waals surface area contributed by atoms with E-state index in [4.69, 9.17) is 13.0 Å². The van der Waals surface area contributed by atoms with Crippen LogP contribution in [0.2, 0.25) is 0 Å². The van der Waals surface area contributed by atoms with Crippen molar-refractivity contribution in [1.29, 1.82) is 0 Å². The van der Waals surface area contributed by atoms with Crippen LogP contribution in [0.15, 0.2) is 0 Å². The Labute approximate surface area is 197 Å². The summed E-state index contributed by atoms with van der Waals surface area (Å²) in [5.74, 6) is 0.890. The molecular weight excluding hydrogens is 437 g/mol. The molecule has 1 N–H and O–H groups in total. The Morgan fingerprint density at radius 1 is 0.656 bits per heavy atom. The molecule has 0 unspecified atom stereocenters. The van der Waals surface area contributed by atoms with Crippen LogP contribution in [0.1, 0.15) is 144 Å². The summed E-state index contributed by atoms with van der Waals surface area (Å²) in [6.45, 7) is 11.8. The van der Waals surface area contributed by atoms with Crippen molar-refractivity contribution in [2.45, 2.75) is 149 Å². The Kier molecular flexibility index (Phi) is 20.2. The van der Waals surface area contributed by atoms with Crippen molar-refractivity contribution in [3.05, 3.63) is 0 Å². The highest BCUT2D eigenvalue weighted by molar-refractivity contribution is 7.86. The Morgan fingerprint density at radius 3 is 1.28 bits per heavy atom. The molecule has 196 valence electrons. The maximum atomic E-state index is 10.7. The minimum atomic E-state index is -5.84. The SMILES string of the molecule is CCCCC(CCCC)(CCCC)CCCCCCCCC(C)C.O=S(=O)(O)C(F)(F)F. The van der Waals surface area contributed by atoms with Gasteiger partial charge in [-0.3, -0.25) is 4.55 Å². The van der Waals surface area contributed by atoms with Crippen LogP contribution < -0.4 is 0 Å². The average molecular weight is 489 g/mol. The van der Waals surface area contributed by atoms with E-state index in [9.17, 15) is 13.2 Å². The fourth-order valence-electron chi connectivity index (χ4n) is 4.17. The van der Waals surface area contributed by atoms with E-state index < -0.39 is 15.6 Å². The van der Waals surface area contributed by atoms with Gasteiger partial charge >= 0.3 is 15.6 Å². The minimum absolute atomic E-state index is 0.694. The third-order valence-electron chi connectivity index (χ3n) is 6.21. The summed E-state index contributed by atoms with van der Waals surface area (Å²) >= 11 is 0. The van der Waals surface area contributed by atoms with Gasteiger partial charge in [-0.15, -0.1) is 0 Å². The minimum Gasteiger partial charge on any atom is -0.279 e. The molecule has 0 bridgehead atoms. The van der Waals surface area contributed by atoms with E-state index in [-0.39, 0.29) is 0 Å². The lowest BCUT2D eigenvalue weighted by atomic mass is 9.71. The van der Waals surface area contributed by atoms with E-state index in [1.807, 2.05) is 0 Å². The number of hydrogen-bond donors (Lipinski definition) is 1. The second-order valence-corrected chi connectivity index (χ2v) is 11.2. The Bertz CT molecular complexity index is 495. The summed E-state index contributed by atoms with van der Waals surface area (Å²) in [7, 11) is -5.84. The van der Waals surface area contributed by atoms with Gasteiger partial charge < -0.3 is 0 Å². The Balaban J connectivity index is 0. The van der Waals surface area contributed by atoms with E-state index in [0.29, 0.717) is 5.41 Å². The van der Waals surface area contributed by atoms with Crippen LogP contribution in [0.5, 0.6) is 0 Å². The van der Waals surface area contributed by atoms with Gasteiger partial charge in [0, 0.05) is 0 Å². The summed E-state index contributed by atoms with van der Waals surface area (Å²) in [6.07, 6.45) is 24.7. The molecule has 0 aliphatic rings. The lowest BCUT2D eigenvalue weighted by Crippen LogP contribution is -2.21. The number of hydrogen-bond acceptors (Lipinski definition) is 2. The molecule has 0 rings (SSSR count). The fraction of sp³-hybridized carbons (Fsp3) is 1.00. The quantitative estimate of drug-likeness (QED) is 0.119.